The van der Waals surface area contributed by atoms with Crippen molar-refractivity contribution in [3.05, 3.63) is 0 Å². The van der Waals surface area contributed by atoms with E-state index in [1.165, 1.54) is 0 Å². The fraction of sp³-hybridized carbons (Fsp3) is 0.857. The summed E-state index contributed by atoms with van der Waals surface area (Å²) in [7, 11) is 3.53. The van der Waals surface area contributed by atoms with Crippen LogP contribution < -0.4 is 5.32 Å². The first-order valence-corrected chi connectivity index (χ1v) is 7.03. The van der Waals surface area contributed by atoms with Crippen LogP contribution in [0.4, 0.5) is 0 Å². The lowest BCUT2D eigenvalue weighted by Gasteiger charge is -2.29. The maximum Gasteiger partial charge on any atom is 0.239 e. The third-order valence-corrected chi connectivity index (χ3v) is 3.80. The molecule has 1 saturated heterocycles. The molecule has 0 aliphatic carbocycles. The largest absolute Gasteiger partial charge is 0.350 e. The molecule has 1 unspecified atom stereocenters. The summed E-state index contributed by atoms with van der Waals surface area (Å²) in [4.78, 5) is 27.7. The summed E-state index contributed by atoms with van der Waals surface area (Å²) >= 11 is 0. The van der Waals surface area contributed by atoms with Crippen molar-refractivity contribution >= 4 is 11.8 Å². The molecule has 2 amide bonds. The van der Waals surface area contributed by atoms with E-state index >= 15 is 0 Å². The zero-order chi connectivity index (χ0) is 14.6. The zero-order valence-electron chi connectivity index (χ0n) is 12.8. The molecule has 1 N–H and O–H groups in total. The summed E-state index contributed by atoms with van der Waals surface area (Å²) in [5.74, 6) is 0.102. The van der Waals surface area contributed by atoms with Crippen molar-refractivity contribution in [2.45, 2.75) is 51.6 Å². The first kappa shape index (κ1) is 16.0. The van der Waals surface area contributed by atoms with E-state index in [9.17, 15) is 9.59 Å². The molecule has 0 spiro atoms. The van der Waals surface area contributed by atoms with Crippen molar-refractivity contribution in [2.75, 3.05) is 27.2 Å². The third-order valence-electron chi connectivity index (χ3n) is 3.80. The summed E-state index contributed by atoms with van der Waals surface area (Å²) in [6, 6.07) is -0.134. The molecular formula is C14H27N3O2. The highest BCUT2D eigenvalue weighted by Crippen LogP contribution is 2.18. The Bertz CT molecular complexity index is 340. The van der Waals surface area contributed by atoms with Gasteiger partial charge in [-0.3, -0.25) is 14.5 Å². The molecule has 1 aliphatic heterocycles. The number of nitrogens with one attached hydrogen (secondary N) is 1. The Kier molecular flexibility index (Phi) is 5.35. The van der Waals surface area contributed by atoms with E-state index in [2.05, 4.69) is 12.2 Å². The van der Waals surface area contributed by atoms with Gasteiger partial charge in [-0.15, -0.1) is 0 Å². The highest BCUT2D eigenvalue weighted by atomic mass is 16.2. The Morgan fingerprint density at radius 2 is 2.00 bits per heavy atom. The van der Waals surface area contributed by atoms with Crippen LogP contribution in [0.15, 0.2) is 0 Å². The summed E-state index contributed by atoms with van der Waals surface area (Å²) in [5, 5.41) is 3.02. The van der Waals surface area contributed by atoms with Crippen LogP contribution in [-0.2, 0) is 9.59 Å². The topological polar surface area (TPSA) is 52.7 Å². The second kappa shape index (κ2) is 6.37. The number of carbonyl (C=O) groups is 2. The maximum atomic E-state index is 12.0. The molecule has 1 rings (SSSR count). The van der Waals surface area contributed by atoms with Crippen LogP contribution in [0.2, 0.25) is 0 Å². The second-order valence-corrected chi connectivity index (χ2v) is 6.15. The van der Waals surface area contributed by atoms with Crippen LogP contribution in [0.5, 0.6) is 0 Å². The number of hydrogen-bond acceptors (Lipinski definition) is 3. The molecule has 1 aliphatic rings. The molecule has 0 aromatic heterocycles. The Labute approximate surface area is 116 Å². The number of likely N-dealkylation sites (N-methyl/N-ethyl adjacent to an activating group) is 1. The van der Waals surface area contributed by atoms with Crippen LogP contribution in [0, 0.1) is 0 Å². The van der Waals surface area contributed by atoms with Gasteiger partial charge in [0.05, 0.1) is 12.6 Å². The molecule has 0 bridgehead atoms. The van der Waals surface area contributed by atoms with Gasteiger partial charge < -0.3 is 10.2 Å². The van der Waals surface area contributed by atoms with Gasteiger partial charge in [0.2, 0.25) is 11.8 Å². The lowest BCUT2D eigenvalue weighted by atomic mass is 10.0. The first-order valence-electron chi connectivity index (χ1n) is 7.03. The van der Waals surface area contributed by atoms with Crippen LogP contribution in [-0.4, -0.2) is 60.4 Å². The number of carbonyl (C=O) groups excluding carboxylic acids is 2. The number of rotatable bonds is 5. The quantitative estimate of drug-likeness (QED) is 0.805. The minimum Gasteiger partial charge on any atom is -0.350 e. The van der Waals surface area contributed by atoms with E-state index < -0.39 is 0 Å². The Morgan fingerprint density at radius 1 is 1.37 bits per heavy atom. The van der Waals surface area contributed by atoms with Crippen molar-refractivity contribution in [1.29, 1.82) is 0 Å². The van der Waals surface area contributed by atoms with Crippen LogP contribution >= 0.6 is 0 Å². The molecule has 0 saturated carbocycles. The van der Waals surface area contributed by atoms with Crippen molar-refractivity contribution in [3.63, 3.8) is 0 Å². The number of likely N-dealkylation sites (tertiary alicyclic amines) is 1. The van der Waals surface area contributed by atoms with Gasteiger partial charge in [0.1, 0.15) is 0 Å². The predicted octanol–water partition coefficient (Wildman–Crippen LogP) is 0.844. The molecule has 1 fully saturated rings. The van der Waals surface area contributed by atoms with E-state index in [1.54, 1.807) is 19.0 Å². The van der Waals surface area contributed by atoms with Gasteiger partial charge in [-0.1, -0.05) is 6.92 Å². The molecule has 110 valence electrons. The van der Waals surface area contributed by atoms with Gasteiger partial charge in [-0.2, -0.15) is 0 Å². The normalized spacial score (nSPS) is 20.4. The Morgan fingerprint density at radius 3 is 2.53 bits per heavy atom. The zero-order valence-corrected chi connectivity index (χ0v) is 12.8. The van der Waals surface area contributed by atoms with E-state index in [4.69, 9.17) is 0 Å². The van der Waals surface area contributed by atoms with E-state index in [0.29, 0.717) is 6.54 Å². The van der Waals surface area contributed by atoms with Crippen molar-refractivity contribution < 1.29 is 9.59 Å². The van der Waals surface area contributed by atoms with Gasteiger partial charge in [-0.05, 0) is 39.7 Å². The second-order valence-electron chi connectivity index (χ2n) is 6.15. The van der Waals surface area contributed by atoms with Crippen molar-refractivity contribution in [3.8, 4) is 0 Å². The molecule has 0 radical (unpaired) electrons. The fourth-order valence-corrected chi connectivity index (χ4v) is 2.28. The fourth-order valence-electron chi connectivity index (χ4n) is 2.28. The van der Waals surface area contributed by atoms with Crippen LogP contribution in [0.1, 0.15) is 40.0 Å². The Balaban J connectivity index is 2.56. The molecule has 19 heavy (non-hydrogen) atoms. The summed E-state index contributed by atoms with van der Waals surface area (Å²) < 4.78 is 0. The Hall–Kier alpha value is -1.10. The molecule has 5 nitrogen and oxygen atoms in total. The van der Waals surface area contributed by atoms with Gasteiger partial charge in [0, 0.05) is 19.6 Å². The lowest BCUT2D eigenvalue weighted by molar-refractivity contribution is -0.134. The van der Waals surface area contributed by atoms with Crippen molar-refractivity contribution in [2.24, 2.45) is 0 Å². The molecule has 1 heterocycles. The summed E-state index contributed by atoms with van der Waals surface area (Å²) in [6.07, 6.45) is 2.72. The number of nitrogens with zero attached hydrogens (tertiary/aromatic N) is 2. The van der Waals surface area contributed by atoms with Gasteiger partial charge in [0.25, 0.3) is 0 Å². The molecule has 1 atom stereocenters. The highest BCUT2D eigenvalue weighted by Gasteiger charge is 2.33. The average Bonchev–Trinajstić information content (AvgIpc) is 2.75. The minimum atomic E-state index is -0.183. The average molecular weight is 269 g/mol. The predicted molar refractivity (Wildman–Crippen MR) is 75.8 cm³/mol. The first-order chi connectivity index (χ1) is 8.76. The SMILES string of the molecule is CCC(C)(C)NC(=O)CN1CCCC1C(=O)N(C)C. The third kappa shape index (κ3) is 4.49. The summed E-state index contributed by atoms with van der Waals surface area (Å²) in [6.45, 7) is 7.21. The molecule has 0 aromatic carbocycles. The molecule has 5 heteroatoms. The smallest absolute Gasteiger partial charge is 0.239 e. The van der Waals surface area contributed by atoms with E-state index in [1.807, 2.05) is 18.7 Å². The standard InChI is InChI=1S/C14H27N3O2/c1-6-14(2,3)15-12(18)10-17-9-7-8-11(17)13(19)16(4)5/h11H,6-10H2,1-5H3,(H,15,18). The maximum absolute atomic E-state index is 12.0. The molecular weight excluding hydrogens is 242 g/mol. The van der Waals surface area contributed by atoms with Crippen LogP contribution in [0.3, 0.4) is 0 Å². The molecule has 0 aromatic rings. The summed E-state index contributed by atoms with van der Waals surface area (Å²) in [5.41, 5.74) is -0.183. The van der Waals surface area contributed by atoms with Gasteiger partial charge >= 0.3 is 0 Å². The monoisotopic (exact) mass is 269 g/mol. The minimum absolute atomic E-state index is 0.00491. The highest BCUT2D eigenvalue weighted by molar-refractivity contribution is 5.84. The number of amides is 2. The number of hydrogen-bond donors (Lipinski definition) is 1. The van der Waals surface area contributed by atoms with Crippen LogP contribution in [0.25, 0.3) is 0 Å². The lowest BCUT2D eigenvalue weighted by Crippen LogP contribution is -2.50. The van der Waals surface area contributed by atoms with E-state index in [-0.39, 0.29) is 23.4 Å². The van der Waals surface area contributed by atoms with E-state index in [0.717, 1.165) is 25.8 Å². The van der Waals surface area contributed by atoms with Crippen molar-refractivity contribution in [1.82, 2.24) is 15.1 Å². The van der Waals surface area contributed by atoms with Gasteiger partial charge in [0.15, 0.2) is 0 Å². The van der Waals surface area contributed by atoms with Gasteiger partial charge in [-0.25, -0.2) is 0 Å².